The van der Waals surface area contributed by atoms with Gasteiger partial charge in [0.2, 0.25) is 5.43 Å². The van der Waals surface area contributed by atoms with E-state index in [0.29, 0.717) is 42.2 Å². The Labute approximate surface area is 201 Å². The topological polar surface area (TPSA) is 70.4 Å². The van der Waals surface area contributed by atoms with Crippen LogP contribution in [0.1, 0.15) is 16.8 Å². The molecule has 0 aliphatic carbocycles. The van der Waals surface area contributed by atoms with Crippen molar-refractivity contribution in [3.05, 3.63) is 52.2 Å². The third-order valence-corrected chi connectivity index (χ3v) is 7.97. The molecule has 176 valence electrons. The lowest BCUT2D eigenvalue weighted by Gasteiger charge is -2.27. The number of anilines is 1. The van der Waals surface area contributed by atoms with Gasteiger partial charge in [-0.25, -0.2) is 4.98 Å². The maximum Gasteiger partial charge on any atom is 0.261 e. The minimum Gasteiger partial charge on any atom is -0.378 e. The highest BCUT2D eigenvalue weighted by molar-refractivity contribution is 7.24. The van der Waals surface area contributed by atoms with E-state index in [-0.39, 0.29) is 16.9 Å². The lowest BCUT2D eigenvalue weighted by molar-refractivity contribution is 0.0303. The Balaban J connectivity index is 1.59. The molecule has 0 bridgehead atoms. The molecule has 1 amide bonds. The number of rotatable bonds is 2. The maximum absolute atomic E-state index is 13.7. The normalized spacial score (nSPS) is 18.1. The van der Waals surface area contributed by atoms with Gasteiger partial charge in [-0.05, 0) is 44.3 Å². The van der Waals surface area contributed by atoms with Gasteiger partial charge in [0.05, 0.1) is 28.8 Å². The van der Waals surface area contributed by atoms with Gasteiger partial charge >= 0.3 is 0 Å². The van der Waals surface area contributed by atoms with Gasteiger partial charge in [-0.2, -0.15) is 0 Å². The molecule has 5 heterocycles. The Hall–Kier alpha value is -3.01. The second-order valence-electron chi connectivity index (χ2n) is 9.00. The molecule has 6 rings (SSSR count). The summed E-state index contributed by atoms with van der Waals surface area (Å²) in [5.41, 5.74) is 1.57. The maximum atomic E-state index is 13.7. The number of benzene rings is 1. The fourth-order valence-corrected chi connectivity index (χ4v) is 6.12. The molecule has 0 radical (unpaired) electrons. The van der Waals surface area contributed by atoms with Crippen molar-refractivity contribution in [2.24, 2.45) is 0 Å². The molecule has 0 atom stereocenters. The predicted octanol–water partition coefficient (Wildman–Crippen LogP) is 2.68. The third kappa shape index (κ3) is 3.55. The summed E-state index contributed by atoms with van der Waals surface area (Å²) in [5, 5.41) is 0.480. The number of morpholine rings is 1. The van der Waals surface area contributed by atoms with E-state index in [0.717, 1.165) is 48.6 Å². The summed E-state index contributed by atoms with van der Waals surface area (Å²) in [4.78, 5) is 39.4. The van der Waals surface area contributed by atoms with Crippen molar-refractivity contribution in [1.29, 1.82) is 0 Å². The summed E-state index contributed by atoms with van der Waals surface area (Å²) in [5.74, 6) is 0.650. The number of fused-ring (bicyclic) bond motifs is 5. The molecule has 0 spiro atoms. The number of carbonyl (C=O) groups excluding carboxylic acids is 1. The largest absolute Gasteiger partial charge is 0.378 e. The van der Waals surface area contributed by atoms with E-state index in [1.807, 2.05) is 40.8 Å². The number of carbonyl (C=O) groups is 1. The zero-order valence-electron chi connectivity index (χ0n) is 19.2. The molecule has 4 aromatic rings. The Morgan fingerprint density at radius 1 is 1.00 bits per heavy atom. The van der Waals surface area contributed by atoms with Crippen molar-refractivity contribution in [2.45, 2.75) is 6.42 Å². The number of para-hydroxylation sites is 1. The van der Waals surface area contributed by atoms with Crippen molar-refractivity contribution in [3.8, 4) is 0 Å². The van der Waals surface area contributed by atoms with E-state index in [1.54, 1.807) is 4.90 Å². The summed E-state index contributed by atoms with van der Waals surface area (Å²) in [6.07, 6.45) is 1.07. The van der Waals surface area contributed by atoms with Crippen LogP contribution in [0.4, 0.5) is 5.82 Å². The Kier molecular flexibility index (Phi) is 5.47. The zero-order chi connectivity index (χ0) is 23.2. The molecule has 9 heteroatoms. The van der Waals surface area contributed by atoms with E-state index in [9.17, 15) is 9.59 Å². The highest BCUT2D eigenvalue weighted by Crippen LogP contribution is 2.32. The van der Waals surface area contributed by atoms with Crippen LogP contribution in [0, 0.1) is 0 Å². The number of amides is 1. The lowest BCUT2D eigenvalue weighted by Crippen LogP contribution is -2.42. The van der Waals surface area contributed by atoms with Gasteiger partial charge in [-0.1, -0.05) is 12.1 Å². The Morgan fingerprint density at radius 2 is 1.82 bits per heavy atom. The highest BCUT2D eigenvalue weighted by Gasteiger charge is 2.27. The van der Waals surface area contributed by atoms with Crippen molar-refractivity contribution in [2.75, 3.05) is 64.4 Å². The number of pyridine rings is 2. The molecule has 0 saturated carbocycles. The first kappa shape index (κ1) is 21.5. The van der Waals surface area contributed by atoms with Crippen LogP contribution in [-0.4, -0.2) is 84.6 Å². The molecule has 2 aliphatic rings. The third-order valence-electron chi connectivity index (χ3n) is 6.83. The lowest BCUT2D eigenvalue weighted by atomic mass is 10.1. The van der Waals surface area contributed by atoms with Gasteiger partial charge in [0.1, 0.15) is 16.2 Å². The van der Waals surface area contributed by atoms with Crippen molar-refractivity contribution >= 4 is 49.1 Å². The van der Waals surface area contributed by atoms with Gasteiger partial charge in [-0.15, -0.1) is 11.3 Å². The SMILES string of the molecule is CN1CCCN(c2ccc3c(=O)c(C(=O)N4CCOCC4)c4sc5ccccc5n4c3n2)CC1. The van der Waals surface area contributed by atoms with Crippen molar-refractivity contribution < 1.29 is 9.53 Å². The first-order chi connectivity index (χ1) is 16.6. The second-order valence-corrected chi connectivity index (χ2v) is 10.0. The molecule has 2 aliphatic heterocycles. The number of ether oxygens (including phenoxy) is 1. The molecular weight excluding hydrogens is 450 g/mol. The number of thiazole rings is 1. The highest BCUT2D eigenvalue weighted by atomic mass is 32.1. The summed E-state index contributed by atoms with van der Waals surface area (Å²) >= 11 is 1.48. The van der Waals surface area contributed by atoms with Gasteiger partial charge in [0.15, 0.2) is 5.65 Å². The molecule has 2 saturated heterocycles. The van der Waals surface area contributed by atoms with Crippen molar-refractivity contribution in [1.82, 2.24) is 19.2 Å². The molecule has 2 fully saturated rings. The molecular formula is C25H27N5O3S. The smallest absolute Gasteiger partial charge is 0.261 e. The van der Waals surface area contributed by atoms with Gasteiger partial charge in [0, 0.05) is 32.7 Å². The van der Waals surface area contributed by atoms with E-state index < -0.39 is 0 Å². The van der Waals surface area contributed by atoms with Crippen LogP contribution < -0.4 is 10.3 Å². The summed E-state index contributed by atoms with van der Waals surface area (Å²) in [6, 6.07) is 11.8. The molecule has 3 aromatic heterocycles. The van der Waals surface area contributed by atoms with Gasteiger partial charge < -0.3 is 19.4 Å². The second kappa shape index (κ2) is 8.65. The fourth-order valence-electron chi connectivity index (χ4n) is 4.94. The number of hydrogen-bond donors (Lipinski definition) is 0. The average molecular weight is 478 g/mol. The fraction of sp³-hybridized carbons (Fsp3) is 0.400. The monoisotopic (exact) mass is 477 g/mol. The summed E-state index contributed by atoms with van der Waals surface area (Å²) < 4.78 is 8.45. The minimum atomic E-state index is -0.243. The van der Waals surface area contributed by atoms with E-state index in [4.69, 9.17) is 9.72 Å². The molecule has 34 heavy (non-hydrogen) atoms. The first-order valence-corrected chi connectivity index (χ1v) is 12.6. The average Bonchev–Trinajstić information content (AvgIpc) is 3.11. The molecule has 1 aromatic carbocycles. The molecule has 0 N–H and O–H groups in total. The standard InChI is InChI=1S/C25H27N5O3S/c1-27-9-4-10-28(12-11-27)20-8-7-17-22(31)21(24(32)29-13-15-33-16-14-29)25-30(23(17)26-20)18-5-2-3-6-19(18)34-25/h2-3,5-8H,4,9-16H2,1H3. The van der Waals surface area contributed by atoms with Crippen LogP contribution in [0.2, 0.25) is 0 Å². The number of aromatic nitrogens is 2. The molecule has 0 unspecified atom stereocenters. The van der Waals surface area contributed by atoms with Crippen LogP contribution in [0.3, 0.4) is 0 Å². The molecule has 8 nitrogen and oxygen atoms in total. The summed E-state index contributed by atoms with van der Waals surface area (Å²) in [7, 11) is 2.14. The van der Waals surface area contributed by atoms with E-state index in [1.165, 1.54) is 11.3 Å². The first-order valence-electron chi connectivity index (χ1n) is 11.8. The van der Waals surface area contributed by atoms with E-state index in [2.05, 4.69) is 16.8 Å². The van der Waals surface area contributed by atoms with Crippen LogP contribution >= 0.6 is 11.3 Å². The summed E-state index contributed by atoms with van der Waals surface area (Å²) in [6.45, 7) is 5.84. The number of likely N-dealkylation sites (N-methyl/N-ethyl adjacent to an activating group) is 1. The minimum absolute atomic E-state index is 0.223. The van der Waals surface area contributed by atoms with Crippen LogP contribution in [0.15, 0.2) is 41.2 Å². The zero-order valence-corrected chi connectivity index (χ0v) is 20.0. The van der Waals surface area contributed by atoms with Gasteiger partial charge in [-0.3, -0.25) is 14.0 Å². The van der Waals surface area contributed by atoms with Crippen LogP contribution in [0.25, 0.3) is 26.1 Å². The predicted molar refractivity (Wildman–Crippen MR) is 135 cm³/mol. The van der Waals surface area contributed by atoms with E-state index >= 15 is 0 Å². The van der Waals surface area contributed by atoms with Crippen LogP contribution in [0.5, 0.6) is 0 Å². The quantitative estimate of drug-likeness (QED) is 0.442. The number of nitrogens with zero attached hydrogens (tertiary/aromatic N) is 5. The number of hydrogen-bond acceptors (Lipinski definition) is 7. The van der Waals surface area contributed by atoms with Gasteiger partial charge in [0.25, 0.3) is 5.91 Å². The Morgan fingerprint density at radius 3 is 2.68 bits per heavy atom. The van der Waals surface area contributed by atoms with Crippen LogP contribution in [-0.2, 0) is 4.74 Å². The van der Waals surface area contributed by atoms with Crippen molar-refractivity contribution in [3.63, 3.8) is 0 Å². The Bertz CT molecular complexity index is 1460.